The Morgan fingerprint density at radius 3 is 3.00 bits per heavy atom. The minimum Gasteiger partial charge on any atom is -0.349 e. The second-order valence-electron chi connectivity index (χ2n) is 5.90. The first-order chi connectivity index (χ1) is 10.3. The maximum atomic E-state index is 6.22. The monoisotopic (exact) mass is 277 g/mol. The van der Waals surface area contributed by atoms with Crippen LogP contribution in [0.15, 0.2) is 48.9 Å². The fourth-order valence-electron chi connectivity index (χ4n) is 3.37. The summed E-state index contributed by atoms with van der Waals surface area (Å²) in [4.78, 5) is 4.43. The summed E-state index contributed by atoms with van der Waals surface area (Å²) in [5.41, 5.74) is 11.3. The summed E-state index contributed by atoms with van der Waals surface area (Å²) in [6.07, 6.45) is 9.86. The van der Waals surface area contributed by atoms with E-state index in [0.29, 0.717) is 0 Å². The van der Waals surface area contributed by atoms with Crippen molar-refractivity contribution in [3.05, 3.63) is 65.6 Å². The van der Waals surface area contributed by atoms with Crippen molar-refractivity contribution >= 4 is 10.9 Å². The van der Waals surface area contributed by atoms with Crippen LogP contribution in [0.1, 0.15) is 35.6 Å². The van der Waals surface area contributed by atoms with Crippen LogP contribution in [-0.4, -0.2) is 9.55 Å². The maximum Gasteiger partial charge on any atom is 0.0705 e. The van der Waals surface area contributed by atoms with E-state index >= 15 is 0 Å². The van der Waals surface area contributed by atoms with Crippen LogP contribution >= 0.6 is 0 Å². The zero-order valence-electron chi connectivity index (χ0n) is 12.0. The fourth-order valence-corrected chi connectivity index (χ4v) is 3.37. The highest BCUT2D eigenvalue weighted by atomic mass is 14.9. The number of hydrogen-bond acceptors (Lipinski definition) is 2. The molecule has 0 radical (unpaired) electrons. The summed E-state index contributed by atoms with van der Waals surface area (Å²) in [5.74, 6) is 0. The number of pyridine rings is 1. The first-order valence-corrected chi connectivity index (χ1v) is 7.58. The topological polar surface area (TPSA) is 43.8 Å². The normalized spacial score (nSPS) is 17.9. The summed E-state index contributed by atoms with van der Waals surface area (Å²) < 4.78 is 2.28. The molecule has 0 saturated heterocycles. The molecular weight excluding hydrogens is 258 g/mol. The van der Waals surface area contributed by atoms with Gasteiger partial charge in [0.15, 0.2) is 0 Å². The van der Waals surface area contributed by atoms with Crippen molar-refractivity contribution in [2.45, 2.75) is 31.8 Å². The summed E-state index contributed by atoms with van der Waals surface area (Å²) >= 11 is 0. The molecule has 2 aromatic heterocycles. The lowest BCUT2D eigenvalue weighted by molar-refractivity contribution is 0.573. The van der Waals surface area contributed by atoms with Crippen molar-refractivity contribution in [2.75, 3.05) is 0 Å². The SMILES string of the molecule is NC1CCCc2cn(Cc3ccnc4ccccc34)cc21. The molecule has 3 nitrogen and oxygen atoms in total. The van der Waals surface area contributed by atoms with E-state index in [1.54, 1.807) is 0 Å². The van der Waals surface area contributed by atoms with Crippen molar-refractivity contribution in [3.63, 3.8) is 0 Å². The van der Waals surface area contributed by atoms with Crippen LogP contribution in [0, 0.1) is 0 Å². The van der Waals surface area contributed by atoms with Crippen LogP contribution in [0.25, 0.3) is 10.9 Å². The Labute approximate surface area is 124 Å². The van der Waals surface area contributed by atoms with Gasteiger partial charge >= 0.3 is 0 Å². The molecule has 106 valence electrons. The third-order valence-corrected chi connectivity index (χ3v) is 4.45. The zero-order chi connectivity index (χ0) is 14.2. The Bertz CT molecular complexity index is 783. The number of hydrogen-bond donors (Lipinski definition) is 1. The second kappa shape index (κ2) is 5.01. The molecule has 4 rings (SSSR count). The number of nitrogens with two attached hydrogens (primary N) is 1. The van der Waals surface area contributed by atoms with Gasteiger partial charge in [-0.1, -0.05) is 18.2 Å². The quantitative estimate of drug-likeness (QED) is 0.780. The number of benzene rings is 1. The summed E-state index contributed by atoms with van der Waals surface area (Å²) in [5, 5.41) is 1.23. The molecule has 2 N–H and O–H groups in total. The molecule has 2 heterocycles. The van der Waals surface area contributed by atoms with Gasteiger partial charge in [0, 0.05) is 36.6 Å². The van der Waals surface area contributed by atoms with Gasteiger partial charge in [0.2, 0.25) is 0 Å². The lowest BCUT2D eigenvalue weighted by atomic mass is 9.92. The molecule has 1 aliphatic rings. The van der Waals surface area contributed by atoms with Crippen molar-refractivity contribution in [1.82, 2.24) is 9.55 Å². The molecule has 0 spiro atoms. The molecule has 0 bridgehead atoms. The third kappa shape index (κ3) is 2.24. The Morgan fingerprint density at radius 1 is 1.19 bits per heavy atom. The van der Waals surface area contributed by atoms with Gasteiger partial charge in [-0.25, -0.2) is 0 Å². The van der Waals surface area contributed by atoms with E-state index < -0.39 is 0 Å². The first kappa shape index (κ1) is 12.6. The predicted octanol–water partition coefficient (Wildman–Crippen LogP) is 3.42. The Hall–Kier alpha value is -2.13. The molecule has 1 atom stereocenters. The summed E-state index contributed by atoms with van der Waals surface area (Å²) in [6, 6.07) is 10.6. The van der Waals surface area contributed by atoms with Crippen molar-refractivity contribution < 1.29 is 0 Å². The number of aromatic nitrogens is 2. The van der Waals surface area contributed by atoms with Crippen LogP contribution in [0.2, 0.25) is 0 Å². The number of nitrogens with zero attached hydrogens (tertiary/aromatic N) is 2. The van der Waals surface area contributed by atoms with Gasteiger partial charge in [-0.15, -0.1) is 0 Å². The molecule has 0 fully saturated rings. The fraction of sp³-hybridized carbons (Fsp3) is 0.278. The van der Waals surface area contributed by atoms with E-state index in [4.69, 9.17) is 5.73 Å². The van der Waals surface area contributed by atoms with Crippen LogP contribution < -0.4 is 5.73 Å². The smallest absolute Gasteiger partial charge is 0.0705 e. The van der Waals surface area contributed by atoms with E-state index in [-0.39, 0.29) is 6.04 Å². The van der Waals surface area contributed by atoms with E-state index in [0.717, 1.165) is 24.9 Å². The molecular formula is C18H19N3. The van der Waals surface area contributed by atoms with Crippen molar-refractivity contribution in [2.24, 2.45) is 5.73 Å². The number of para-hydroxylation sites is 1. The van der Waals surface area contributed by atoms with Crippen LogP contribution in [0.3, 0.4) is 0 Å². The van der Waals surface area contributed by atoms with Crippen LogP contribution in [0.5, 0.6) is 0 Å². The van der Waals surface area contributed by atoms with Gasteiger partial charge in [0.05, 0.1) is 5.52 Å². The predicted molar refractivity (Wildman–Crippen MR) is 85.1 cm³/mol. The molecule has 0 amide bonds. The zero-order valence-corrected chi connectivity index (χ0v) is 12.0. The van der Waals surface area contributed by atoms with E-state index in [1.165, 1.54) is 28.5 Å². The van der Waals surface area contributed by atoms with Crippen molar-refractivity contribution in [3.8, 4) is 0 Å². The first-order valence-electron chi connectivity index (χ1n) is 7.58. The Morgan fingerprint density at radius 2 is 2.10 bits per heavy atom. The molecule has 3 aromatic rings. The van der Waals surface area contributed by atoms with Crippen LogP contribution in [0.4, 0.5) is 0 Å². The van der Waals surface area contributed by atoms with E-state index in [1.807, 2.05) is 12.3 Å². The molecule has 21 heavy (non-hydrogen) atoms. The average Bonchev–Trinajstić information content (AvgIpc) is 2.92. The standard InChI is InChI=1S/C18H19N3/c19-17-6-3-4-13-10-21(12-16(13)17)11-14-8-9-20-18-7-2-1-5-15(14)18/h1-2,5,7-10,12,17H,3-4,6,11,19H2. The van der Waals surface area contributed by atoms with Crippen molar-refractivity contribution in [1.29, 1.82) is 0 Å². The molecule has 1 aliphatic carbocycles. The van der Waals surface area contributed by atoms with Gasteiger partial charge in [0.25, 0.3) is 0 Å². The lowest BCUT2D eigenvalue weighted by Crippen LogP contribution is -2.15. The third-order valence-electron chi connectivity index (χ3n) is 4.45. The highest BCUT2D eigenvalue weighted by molar-refractivity contribution is 5.81. The number of rotatable bonds is 2. The Kier molecular flexibility index (Phi) is 3.00. The minimum atomic E-state index is 0.212. The molecule has 0 aliphatic heterocycles. The van der Waals surface area contributed by atoms with E-state index in [2.05, 4.69) is 46.2 Å². The molecule has 3 heteroatoms. The summed E-state index contributed by atoms with van der Waals surface area (Å²) in [7, 11) is 0. The van der Waals surface area contributed by atoms with Gasteiger partial charge in [0.1, 0.15) is 0 Å². The Balaban J connectivity index is 1.72. The average molecular weight is 277 g/mol. The van der Waals surface area contributed by atoms with Gasteiger partial charge in [-0.05, 0) is 48.1 Å². The molecule has 1 aromatic carbocycles. The van der Waals surface area contributed by atoms with E-state index in [9.17, 15) is 0 Å². The minimum absolute atomic E-state index is 0.212. The highest BCUT2D eigenvalue weighted by Gasteiger charge is 2.18. The molecule has 0 saturated carbocycles. The number of fused-ring (bicyclic) bond motifs is 2. The highest BCUT2D eigenvalue weighted by Crippen LogP contribution is 2.29. The molecule has 1 unspecified atom stereocenters. The van der Waals surface area contributed by atoms with Crippen LogP contribution in [-0.2, 0) is 13.0 Å². The summed E-state index contributed by atoms with van der Waals surface area (Å²) in [6.45, 7) is 0.878. The van der Waals surface area contributed by atoms with Gasteiger partial charge in [-0.2, -0.15) is 0 Å². The number of aryl methyl sites for hydroxylation is 1. The second-order valence-corrected chi connectivity index (χ2v) is 5.90. The van der Waals surface area contributed by atoms with Gasteiger partial charge < -0.3 is 10.3 Å². The van der Waals surface area contributed by atoms with Gasteiger partial charge in [-0.3, -0.25) is 4.98 Å². The lowest BCUT2D eigenvalue weighted by Gasteiger charge is -2.17. The maximum absolute atomic E-state index is 6.22. The largest absolute Gasteiger partial charge is 0.349 e.